The number of methoxy groups -OCH3 is 1. The summed E-state index contributed by atoms with van der Waals surface area (Å²) in [6, 6.07) is 11.0. The van der Waals surface area contributed by atoms with E-state index in [1.165, 1.54) is 0 Å². The number of halogens is 1. The lowest BCUT2D eigenvalue weighted by molar-refractivity contribution is 0.280. The number of nitrogens with two attached hydrogens (primary N) is 1. The van der Waals surface area contributed by atoms with Crippen molar-refractivity contribution in [1.29, 1.82) is 0 Å². The van der Waals surface area contributed by atoms with Gasteiger partial charge in [-0.15, -0.1) is 0 Å². The van der Waals surface area contributed by atoms with E-state index in [2.05, 4.69) is 15.9 Å². The van der Waals surface area contributed by atoms with Crippen LogP contribution in [0.15, 0.2) is 40.9 Å². The second kappa shape index (κ2) is 6.93. The Balaban J connectivity index is 2.29. The Kier molecular flexibility index (Phi) is 5.22. The Morgan fingerprint density at radius 1 is 1.14 bits per heavy atom. The number of aliphatic hydroxyl groups excluding tert-OH is 1. The van der Waals surface area contributed by atoms with Crippen molar-refractivity contribution in [2.75, 3.05) is 7.11 Å². The molecule has 0 heterocycles. The normalized spacial score (nSPS) is 12.0. The van der Waals surface area contributed by atoms with Gasteiger partial charge >= 0.3 is 0 Å². The summed E-state index contributed by atoms with van der Waals surface area (Å²) in [4.78, 5) is 0. The third kappa shape index (κ3) is 3.75. The van der Waals surface area contributed by atoms with Crippen LogP contribution in [-0.2, 0) is 6.61 Å². The van der Waals surface area contributed by atoms with E-state index in [0.29, 0.717) is 17.2 Å². The zero-order chi connectivity index (χ0) is 15.4. The molecule has 1 unspecified atom stereocenters. The van der Waals surface area contributed by atoms with Crippen LogP contribution in [0.4, 0.5) is 0 Å². The lowest BCUT2D eigenvalue weighted by atomic mass is 10.1. The quantitative estimate of drug-likeness (QED) is 0.860. The molecule has 0 radical (unpaired) electrons. The molecule has 0 saturated carbocycles. The van der Waals surface area contributed by atoms with E-state index in [1.54, 1.807) is 25.3 Å². The second-order valence-corrected chi connectivity index (χ2v) is 5.58. The summed E-state index contributed by atoms with van der Waals surface area (Å²) >= 11 is 3.49. The maximum atomic E-state index is 9.15. The summed E-state index contributed by atoms with van der Waals surface area (Å²) in [5, 5.41) is 9.15. The van der Waals surface area contributed by atoms with Gasteiger partial charge in [0.25, 0.3) is 0 Å². The maximum absolute atomic E-state index is 9.15. The van der Waals surface area contributed by atoms with Crippen molar-refractivity contribution in [3.05, 3.63) is 52.0 Å². The molecule has 3 N–H and O–H groups in total. The third-order valence-electron chi connectivity index (χ3n) is 3.11. The molecule has 0 aromatic heterocycles. The van der Waals surface area contributed by atoms with Crippen molar-refractivity contribution in [3.63, 3.8) is 0 Å². The van der Waals surface area contributed by atoms with Crippen LogP contribution < -0.4 is 15.2 Å². The molecule has 0 saturated heterocycles. The van der Waals surface area contributed by atoms with Crippen LogP contribution >= 0.6 is 15.9 Å². The lowest BCUT2D eigenvalue weighted by Crippen LogP contribution is -2.04. The maximum Gasteiger partial charge on any atom is 0.169 e. The predicted molar refractivity (Wildman–Crippen MR) is 85.7 cm³/mol. The first-order valence-electron chi connectivity index (χ1n) is 6.55. The summed E-state index contributed by atoms with van der Waals surface area (Å²) in [6.07, 6.45) is 0. The molecule has 4 nitrogen and oxygen atoms in total. The Hall–Kier alpha value is -1.56. The SMILES string of the molecule is COc1cc(CO)ccc1Oc1ccc(C(C)N)cc1Br. The molecule has 0 aliphatic carbocycles. The molecule has 5 heteroatoms. The standard InChI is InChI=1S/C16H18BrNO3/c1-10(18)12-4-6-14(13(17)8-12)21-15-5-3-11(9-19)7-16(15)20-2/h3-8,10,19H,9,18H2,1-2H3. The minimum atomic E-state index is -0.0383. The van der Waals surface area contributed by atoms with E-state index in [-0.39, 0.29) is 12.6 Å². The summed E-state index contributed by atoms with van der Waals surface area (Å²) in [6.45, 7) is 1.89. The molecule has 1 atom stereocenters. The van der Waals surface area contributed by atoms with Crippen molar-refractivity contribution in [1.82, 2.24) is 0 Å². The van der Waals surface area contributed by atoms with Gasteiger partial charge in [0.05, 0.1) is 18.2 Å². The van der Waals surface area contributed by atoms with Crippen LogP contribution in [-0.4, -0.2) is 12.2 Å². The van der Waals surface area contributed by atoms with E-state index in [4.69, 9.17) is 20.3 Å². The van der Waals surface area contributed by atoms with Crippen molar-refractivity contribution in [3.8, 4) is 17.2 Å². The molecule has 0 bridgehead atoms. The van der Waals surface area contributed by atoms with Crippen molar-refractivity contribution < 1.29 is 14.6 Å². The highest BCUT2D eigenvalue weighted by Gasteiger charge is 2.10. The Bertz CT molecular complexity index is 629. The number of rotatable bonds is 5. The first kappa shape index (κ1) is 15.8. The molecule has 0 amide bonds. The van der Waals surface area contributed by atoms with Crippen LogP contribution in [0.2, 0.25) is 0 Å². The van der Waals surface area contributed by atoms with Crippen LogP contribution in [0.1, 0.15) is 24.1 Å². The van der Waals surface area contributed by atoms with E-state index < -0.39 is 0 Å². The van der Waals surface area contributed by atoms with Crippen LogP contribution in [0.25, 0.3) is 0 Å². The fourth-order valence-electron chi connectivity index (χ4n) is 1.90. The summed E-state index contributed by atoms with van der Waals surface area (Å²) < 4.78 is 12.0. The third-order valence-corrected chi connectivity index (χ3v) is 3.73. The van der Waals surface area contributed by atoms with E-state index >= 15 is 0 Å². The predicted octanol–water partition coefficient (Wildman–Crippen LogP) is 3.76. The number of benzene rings is 2. The fraction of sp³-hybridized carbons (Fsp3) is 0.250. The number of ether oxygens (including phenoxy) is 2. The van der Waals surface area contributed by atoms with Crippen LogP contribution in [0.3, 0.4) is 0 Å². The van der Waals surface area contributed by atoms with E-state index in [0.717, 1.165) is 15.6 Å². The van der Waals surface area contributed by atoms with Gasteiger partial charge in [0.1, 0.15) is 5.75 Å². The molecule has 2 aromatic carbocycles. The van der Waals surface area contributed by atoms with Gasteiger partial charge < -0.3 is 20.3 Å². The smallest absolute Gasteiger partial charge is 0.169 e. The number of hydrogen-bond donors (Lipinski definition) is 2. The molecule has 112 valence electrons. The molecule has 0 aliphatic heterocycles. The summed E-state index contributed by atoms with van der Waals surface area (Å²) in [7, 11) is 1.57. The van der Waals surface area contributed by atoms with Gasteiger partial charge in [0, 0.05) is 6.04 Å². The largest absolute Gasteiger partial charge is 0.493 e. The van der Waals surface area contributed by atoms with Crippen LogP contribution in [0.5, 0.6) is 17.2 Å². The Labute approximate surface area is 132 Å². The zero-order valence-corrected chi connectivity index (χ0v) is 13.6. The minimum Gasteiger partial charge on any atom is -0.493 e. The zero-order valence-electron chi connectivity index (χ0n) is 12.0. The summed E-state index contributed by atoms with van der Waals surface area (Å²) in [5.41, 5.74) is 7.65. The molecule has 21 heavy (non-hydrogen) atoms. The first-order valence-corrected chi connectivity index (χ1v) is 7.35. The fourth-order valence-corrected chi connectivity index (χ4v) is 2.37. The second-order valence-electron chi connectivity index (χ2n) is 4.72. The topological polar surface area (TPSA) is 64.7 Å². The average molecular weight is 352 g/mol. The minimum absolute atomic E-state index is 0.0336. The molecule has 0 fully saturated rings. The van der Waals surface area contributed by atoms with Crippen molar-refractivity contribution >= 4 is 15.9 Å². The molecule has 2 rings (SSSR count). The Morgan fingerprint density at radius 3 is 2.43 bits per heavy atom. The number of aliphatic hydroxyl groups is 1. The van der Waals surface area contributed by atoms with Crippen LogP contribution in [0, 0.1) is 0 Å². The molecular formula is C16H18BrNO3. The van der Waals surface area contributed by atoms with Gasteiger partial charge in [-0.3, -0.25) is 0 Å². The highest BCUT2D eigenvalue weighted by atomic mass is 79.9. The molecule has 0 spiro atoms. The highest BCUT2D eigenvalue weighted by Crippen LogP contribution is 2.36. The van der Waals surface area contributed by atoms with Gasteiger partial charge in [0.2, 0.25) is 0 Å². The van der Waals surface area contributed by atoms with Gasteiger partial charge in [-0.1, -0.05) is 12.1 Å². The monoisotopic (exact) mass is 351 g/mol. The molecule has 0 aliphatic rings. The van der Waals surface area contributed by atoms with Crippen molar-refractivity contribution in [2.24, 2.45) is 5.73 Å². The highest BCUT2D eigenvalue weighted by molar-refractivity contribution is 9.10. The van der Waals surface area contributed by atoms with Crippen molar-refractivity contribution in [2.45, 2.75) is 19.6 Å². The van der Waals surface area contributed by atoms with Gasteiger partial charge in [-0.25, -0.2) is 0 Å². The van der Waals surface area contributed by atoms with Gasteiger partial charge in [-0.05, 0) is 58.2 Å². The van der Waals surface area contributed by atoms with Gasteiger partial charge in [-0.2, -0.15) is 0 Å². The van der Waals surface area contributed by atoms with E-state index in [9.17, 15) is 0 Å². The molecular weight excluding hydrogens is 334 g/mol. The Morgan fingerprint density at radius 2 is 1.86 bits per heavy atom. The van der Waals surface area contributed by atoms with Gasteiger partial charge in [0.15, 0.2) is 11.5 Å². The average Bonchev–Trinajstić information content (AvgIpc) is 2.49. The van der Waals surface area contributed by atoms with E-state index in [1.807, 2.05) is 25.1 Å². The number of hydrogen-bond acceptors (Lipinski definition) is 4. The summed E-state index contributed by atoms with van der Waals surface area (Å²) in [5.74, 6) is 1.84. The first-order chi connectivity index (χ1) is 10.0. The lowest BCUT2D eigenvalue weighted by Gasteiger charge is -2.14. The molecule has 2 aromatic rings.